The van der Waals surface area contributed by atoms with Crippen molar-refractivity contribution in [3.05, 3.63) is 0 Å². The van der Waals surface area contributed by atoms with Crippen LogP contribution in [0.1, 0.15) is 33.1 Å². The number of primary amides is 1. The van der Waals surface area contributed by atoms with Gasteiger partial charge in [0.2, 0.25) is 5.91 Å². The molecule has 0 heterocycles. The van der Waals surface area contributed by atoms with Crippen molar-refractivity contribution in [2.24, 2.45) is 5.73 Å². The van der Waals surface area contributed by atoms with Crippen molar-refractivity contribution in [1.29, 1.82) is 0 Å². The van der Waals surface area contributed by atoms with E-state index in [1.54, 1.807) is 11.8 Å². The highest BCUT2D eigenvalue weighted by Crippen LogP contribution is 2.06. The molecule has 0 radical (unpaired) electrons. The van der Waals surface area contributed by atoms with Gasteiger partial charge >= 0.3 is 5.97 Å². The fraction of sp³-hybridized carbons (Fsp3) is 0.800. The molecule has 0 rings (SSSR count). The van der Waals surface area contributed by atoms with E-state index < -0.39 is 17.9 Å². The van der Waals surface area contributed by atoms with Crippen LogP contribution in [-0.2, 0) is 9.59 Å². The second kappa shape index (κ2) is 7.23. The molecule has 0 aliphatic heterocycles. The predicted octanol–water partition coefficient (Wildman–Crippen LogP) is 0.437. The third-order valence-corrected chi connectivity index (χ3v) is 2.27. The first-order valence-electron chi connectivity index (χ1n) is 5.28. The van der Waals surface area contributed by atoms with Crippen LogP contribution in [0.15, 0.2) is 0 Å². The van der Waals surface area contributed by atoms with Crippen LogP contribution in [-0.4, -0.2) is 41.0 Å². The van der Waals surface area contributed by atoms with Gasteiger partial charge in [0.05, 0.1) is 6.54 Å². The molecule has 1 unspecified atom stereocenters. The summed E-state index contributed by atoms with van der Waals surface area (Å²) in [6, 6.07) is -0.607. The molecule has 3 N–H and O–H groups in total. The summed E-state index contributed by atoms with van der Waals surface area (Å²) in [6.07, 6.45) is 2.31. The first-order chi connectivity index (χ1) is 7.02. The molecule has 0 bridgehead atoms. The fourth-order valence-electron chi connectivity index (χ4n) is 1.50. The van der Waals surface area contributed by atoms with Gasteiger partial charge in [-0.2, -0.15) is 0 Å². The van der Waals surface area contributed by atoms with Gasteiger partial charge in [0.25, 0.3) is 0 Å². The molecule has 1 atom stereocenters. The minimum absolute atomic E-state index is 0.0187. The van der Waals surface area contributed by atoms with Crippen LogP contribution in [0.25, 0.3) is 0 Å². The second-order valence-corrected chi connectivity index (χ2v) is 3.55. The smallest absolute Gasteiger partial charge is 0.320 e. The second-order valence-electron chi connectivity index (χ2n) is 3.55. The SMILES string of the molecule is CCCCN(CC(N)=O)C(CC)C(=O)O. The Morgan fingerprint density at radius 1 is 1.40 bits per heavy atom. The van der Waals surface area contributed by atoms with Crippen molar-refractivity contribution in [3.8, 4) is 0 Å². The lowest BCUT2D eigenvalue weighted by Crippen LogP contribution is -2.45. The number of nitrogens with zero attached hydrogens (tertiary/aromatic N) is 1. The molecule has 5 heteroatoms. The number of aliphatic carboxylic acids is 1. The Hall–Kier alpha value is -1.10. The number of rotatable bonds is 8. The molecule has 0 spiro atoms. The minimum Gasteiger partial charge on any atom is -0.480 e. The van der Waals surface area contributed by atoms with Gasteiger partial charge in [0.1, 0.15) is 6.04 Å². The number of carbonyl (C=O) groups excluding carboxylic acids is 1. The Labute approximate surface area is 90.2 Å². The lowest BCUT2D eigenvalue weighted by Gasteiger charge is -2.26. The number of unbranched alkanes of at least 4 members (excludes halogenated alkanes) is 1. The van der Waals surface area contributed by atoms with E-state index in [4.69, 9.17) is 10.8 Å². The van der Waals surface area contributed by atoms with Gasteiger partial charge < -0.3 is 10.8 Å². The van der Waals surface area contributed by atoms with Gasteiger partial charge in [0.15, 0.2) is 0 Å². The van der Waals surface area contributed by atoms with E-state index in [2.05, 4.69) is 0 Å². The lowest BCUT2D eigenvalue weighted by atomic mass is 10.1. The predicted molar refractivity (Wildman–Crippen MR) is 57.4 cm³/mol. The molecule has 0 aromatic rings. The van der Waals surface area contributed by atoms with Crippen LogP contribution < -0.4 is 5.73 Å². The van der Waals surface area contributed by atoms with Crippen molar-refractivity contribution in [2.75, 3.05) is 13.1 Å². The average molecular weight is 216 g/mol. The third-order valence-electron chi connectivity index (χ3n) is 2.27. The maximum absolute atomic E-state index is 10.9. The van der Waals surface area contributed by atoms with Crippen LogP contribution in [0.2, 0.25) is 0 Å². The maximum atomic E-state index is 10.9. The number of carbonyl (C=O) groups is 2. The van der Waals surface area contributed by atoms with Gasteiger partial charge in [-0.3, -0.25) is 14.5 Å². The number of amides is 1. The molecule has 1 amide bonds. The van der Waals surface area contributed by atoms with E-state index in [-0.39, 0.29) is 6.54 Å². The quantitative estimate of drug-likeness (QED) is 0.616. The molecule has 0 saturated carbocycles. The van der Waals surface area contributed by atoms with Crippen molar-refractivity contribution < 1.29 is 14.7 Å². The summed E-state index contributed by atoms with van der Waals surface area (Å²) < 4.78 is 0. The third kappa shape index (κ3) is 5.37. The van der Waals surface area contributed by atoms with E-state index in [1.807, 2.05) is 6.92 Å². The summed E-state index contributed by atoms with van der Waals surface area (Å²) in [5, 5.41) is 8.96. The first-order valence-corrected chi connectivity index (χ1v) is 5.28. The van der Waals surface area contributed by atoms with Gasteiger partial charge in [-0.15, -0.1) is 0 Å². The van der Waals surface area contributed by atoms with Crippen LogP contribution in [0.3, 0.4) is 0 Å². The Kier molecular flexibility index (Phi) is 6.70. The summed E-state index contributed by atoms with van der Waals surface area (Å²) in [4.78, 5) is 23.4. The van der Waals surface area contributed by atoms with Gasteiger partial charge in [-0.1, -0.05) is 20.3 Å². The largest absolute Gasteiger partial charge is 0.480 e. The fourth-order valence-corrected chi connectivity index (χ4v) is 1.50. The van der Waals surface area contributed by atoms with Gasteiger partial charge in [-0.25, -0.2) is 0 Å². The highest BCUT2D eigenvalue weighted by molar-refractivity contribution is 5.78. The Morgan fingerprint density at radius 3 is 2.33 bits per heavy atom. The zero-order valence-corrected chi connectivity index (χ0v) is 9.40. The zero-order chi connectivity index (χ0) is 11.8. The topological polar surface area (TPSA) is 83.6 Å². The average Bonchev–Trinajstić information content (AvgIpc) is 2.13. The molecule has 0 aliphatic rings. The molecule has 0 aromatic heterocycles. The summed E-state index contributed by atoms with van der Waals surface area (Å²) in [5.74, 6) is -1.37. The van der Waals surface area contributed by atoms with Gasteiger partial charge in [0, 0.05) is 0 Å². The first kappa shape index (κ1) is 13.9. The molecule has 88 valence electrons. The Morgan fingerprint density at radius 2 is 2.00 bits per heavy atom. The Bertz CT molecular complexity index is 219. The number of nitrogens with two attached hydrogens (primary N) is 1. The monoisotopic (exact) mass is 216 g/mol. The minimum atomic E-state index is -0.894. The number of hydrogen-bond acceptors (Lipinski definition) is 3. The molecular weight excluding hydrogens is 196 g/mol. The van der Waals surface area contributed by atoms with E-state index in [0.29, 0.717) is 13.0 Å². The van der Waals surface area contributed by atoms with Crippen LogP contribution in [0.5, 0.6) is 0 Å². The number of hydrogen-bond donors (Lipinski definition) is 2. The standard InChI is InChI=1S/C10H20N2O3/c1-3-5-6-12(7-9(11)13)8(4-2)10(14)15/h8H,3-7H2,1-2H3,(H2,11,13)(H,14,15). The number of carboxylic acid groups (broad SMARTS) is 1. The number of carboxylic acids is 1. The highest BCUT2D eigenvalue weighted by Gasteiger charge is 2.24. The van der Waals surface area contributed by atoms with E-state index >= 15 is 0 Å². The summed E-state index contributed by atoms with van der Waals surface area (Å²) in [5.41, 5.74) is 5.08. The molecule has 0 aromatic carbocycles. The highest BCUT2D eigenvalue weighted by atomic mass is 16.4. The molecule has 0 saturated heterocycles. The van der Waals surface area contributed by atoms with E-state index in [0.717, 1.165) is 12.8 Å². The Balaban J connectivity index is 4.42. The molecule has 0 fully saturated rings. The maximum Gasteiger partial charge on any atom is 0.320 e. The van der Waals surface area contributed by atoms with Crippen molar-refractivity contribution in [1.82, 2.24) is 4.90 Å². The summed E-state index contributed by atoms with van der Waals surface area (Å²) >= 11 is 0. The lowest BCUT2D eigenvalue weighted by molar-refractivity contribution is -0.143. The zero-order valence-electron chi connectivity index (χ0n) is 9.40. The van der Waals surface area contributed by atoms with Crippen LogP contribution >= 0.6 is 0 Å². The van der Waals surface area contributed by atoms with Crippen molar-refractivity contribution >= 4 is 11.9 Å². The molecular formula is C10H20N2O3. The van der Waals surface area contributed by atoms with Crippen molar-refractivity contribution in [2.45, 2.75) is 39.2 Å². The van der Waals surface area contributed by atoms with E-state index in [1.165, 1.54) is 0 Å². The molecule has 5 nitrogen and oxygen atoms in total. The van der Waals surface area contributed by atoms with Gasteiger partial charge in [-0.05, 0) is 19.4 Å². The van der Waals surface area contributed by atoms with Crippen LogP contribution in [0, 0.1) is 0 Å². The molecule has 15 heavy (non-hydrogen) atoms. The summed E-state index contributed by atoms with van der Waals surface area (Å²) in [7, 11) is 0. The van der Waals surface area contributed by atoms with E-state index in [9.17, 15) is 9.59 Å². The normalized spacial score (nSPS) is 12.7. The summed E-state index contributed by atoms with van der Waals surface area (Å²) in [6.45, 7) is 4.43. The van der Waals surface area contributed by atoms with Crippen LogP contribution in [0.4, 0.5) is 0 Å². The molecule has 0 aliphatic carbocycles. The van der Waals surface area contributed by atoms with Crippen molar-refractivity contribution in [3.63, 3.8) is 0 Å².